The van der Waals surface area contributed by atoms with Crippen LogP contribution in [0.15, 0.2) is 0 Å². The summed E-state index contributed by atoms with van der Waals surface area (Å²) in [7, 11) is 10.7. The van der Waals surface area contributed by atoms with Gasteiger partial charge in [0, 0.05) is 28.2 Å². The van der Waals surface area contributed by atoms with Gasteiger partial charge in [0.25, 0.3) is 0 Å². The second-order valence-corrected chi connectivity index (χ2v) is 5.88. The fraction of sp³-hybridized carbons (Fsp3) is 0.667. The van der Waals surface area contributed by atoms with Crippen LogP contribution in [0.1, 0.15) is 0 Å². The monoisotopic (exact) mass is 300 g/mol. The molecule has 0 fully saturated rings. The van der Waals surface area contributed by atoms with Crippen molar-refractivity contribution in [3.63, 3.8) is 0 Å². The summed E-state index contributed by atoms with van der Waals surface area (Å²) in [6.45, 7) is 0. The molecule has 0 saturated heterocycles. The van der Waals surface area contributed by atoms with Crippen LogP contribution >= 0.6 is 46.0 Å². The number of rotatable bonds is 0. The second-order valence-electron chi connectivity index (χ2n) is 2.49. The summed E-state index contributed by atoms with van der Waals surface area (Å²) in [5, 5.41) is 0. The average Bonchev–Trinajstić information content (AvgIpc) is 1.98. The van der Waals surface area contributed by atoms with E-state index in [-0.39, 0.29) is 40.5 Å². The van der Waals surface area contributed by atoms with E-state index in [0.29, 0.717) is 0 Å². The summed E-state index contributed by atoms with van der Waals surface area (Å²) in [4.78, 5) is 3.79. The summed E-state index contributed by atoms with van der Waals surface area (Å²) >= 11 is 10.1. The molecule has 0 aliphatic carbocycles. The van der Waals surface area contributed by atoms with Crippen molar-refractivity contribution in [1.82, 2.24) is 9.80 Å². The van der Waals surface area contributed by atoms with Crippen molar-refractivity contribution in [2.45, 2.75) is 0 Å². The molecular formula is C6H17N2NaO2S4. The van der Waals surface area contributed by atoms with Crippen molar-refractivity contribution in [3.05, 3.63) is 0 Å². The third kappa shape index (κ3) is 13.3. The first-order valence-electron chi connectivity index (χ1n) is 3.22. The molecule has 15 heavy (non-hydrogen) atoms. The van der Waals surface area contributed by atoms with E-state index >= 15 is 0 Å². The van der Waals surface area contributed by atoms with Gasteiger partial charge in [-0.05, 0) is 21.6 Å². The molecule has 0 heterocycles. The Labute approximate surface area is 132 Å². The Morgan fingerprint density at radius 3 is 1.13 bits per heavy atom. The maximum atomic E-state index is 5.07. The van der Waals surface area contributed by atoms with Gasteiger partial charge in [0.2, 0.25) is 0 Å². The minimum absolute atomic E-state index is 0. The van der Waals surface area contributed by atoms with E-state index in [9.17, 15) is 0 Å². The summed E-state index contributed by atoms with van der Waals surface area (Å²) in [6.07, 6.45) is 0. The minimum atomic E-state index is 0. The van der Waals surface area contributed by atoms with E-state index in [4.69, 9.17) is 24.4 Å². The topological polar surface area (TPSA) is 69.5 Å². The molecule has 0 saturated carbocycles. The Balaban J connectivity index is -0.000000202. The van der Waals surface area contributed by atoms with Crippen LogP contribution in [0, 0.1) is 0 Å². The maximum absolute atomic E-state index is 5.07. The van der Waals surface area contributed by atoms with Gasteiger partial charge in [0.05, 0.1) is 0 Å². The van der Waals surface area contributed by atoms with Gasteiger partial charge in [-0.15, -0.1) is 0 Å². The summed E-state index contributed by atoms with van der Waals surface area (Å²) in [5.74, 6) is 0. The van der Waals surface area contributed by atoms with Crippen LogP contribution in [0.3, 0.4) is 0 Å². The van der Waals surface area contributed by atoms with Gasteiger partial charge < -0.3 is 20.8 Å². The van der Waals surface area contributed by atoms with Gasteiger partial charge >= 0.3 is 29.6 Å². The predicted octanol–water partition coefficient (Wildman–Crippen LogP) is -0.237. The van der Waals surface area contributed by atoms with Gasteiger partial charge in [-0.25, -0.2) is 0 Å². The van der Waals surface area contributed by atoms with Gasteiger partial charge in [-0.3, -0.25) is 0 Å². The van der Waals surface area contributed by atoms with Crippen molar-refractivity contribution in [2.24, 2.45) is 0 Å². The van der Waals surface area contributed by atoms with Crippen LogP contribution < -0.4 is 0 Å². The zero-order valence-electron chi connectivity index (χ0n) is 8.53. The quantitative estimate of drug-likeness (QED) is 0.349. The Kier molecular flexibility index (Phi) is 22.7. The van der Waals surface area contributed by atoms with Gasteiger partial charge in [0.1, 0.15) is 8.64 Å². The summed E-state index contributed by atoms with van der Waals surface area (Å²) in [5.41, 5.74) is 0. The number of nitrogens with zero attached hydrogens (tertiary/aromatic N) is 2. The third-order valence-electron chi connectivity index (χ3n) is 0.915. The molecule has 0 atom stereocenters. The molecule has 4 N–H and O–H groups in total. The molecule has 0 aliphatic rings. The molecule has 4 nitrogen and oxygen atoms in total. The van der Waals surface area contributed by atoms with E-state index in [0.717, 1.165) is 8.64 Å². The van der Waals surface area contributed by atoms with Crippen molar-refractivity contribution < 1.29 is 11.0 Å². The van der Waals surface area contributed by atoms with E-state index in [2.05, 4.69) is 0 Å². The van der Waals surface area contributed by atoms with Crippen LogP contribution in [0.5, 0.6) is 0 Å². The van der Waals surface area contributed by atoms with Gasteiger partial charge in [-0.2, -0.15) is 0 Å². The van der Waals surface area contributed by atoms with Crippen LogP contribution in [0.4, 0.5) is 0 Å². The Morgan fingerprint density at radius 2 is 1.00 bits per heavy atom. The first-order chi connectivity index (χ1) is 5.45. The van der Waals surface area contributed by atoms with Crippen LogP contribution in [0.2, 0.25) is 0 Å². The van der Waals surface area contributed by atoms with Crippen LogP contribution in [-0.2, 0) is 0 Å². The summed E-state index contributed by atoms with van der Waals surface area (Å²) in [6, 6.07) is 0. The molecule has 9 heteroatoms. The molecule has 0 aromatic carbocycles. The average molecular weight is 300 g/mol. The van der Waals surface area contributed by atoms with Crippen molar-refractivity contribution in [2.75, 3.05) is 28.2 Å². The Morgan fingerprint density at radius 1 is 0.800 bits per heavy atom. The molecule has 0 amide bonds. The normalized spacial score (nSPS) is 7.47. The number of hydrogen-bond acceptors (Lipinski definition) is 4. The second kappa shape index (κ2) is 13.5. The van der Waals surface area contributed by atoms with Crippen molar-refractivity contribution in [3.8, 4) is 0 Å². The number of hydrogen-bond donors (Lipinski definition) is 0. The first-order valence-corrected chi connectivity index (χ1v) is 6.19. The molecule has 0 aliphatic heterocycles. The predicted molar refractivity (Wildman–Crippen MR) is 82.1 cm³/mol. The van der Waals surface area contributed by atoms with Gasteiger partial charge in [0.15, 0.2) is 0 Å². The number of thiocarbonyl (C=S) groups is 2. The standard InChI is InChI=1S/C6H12N2S4.Na.2H2O.H/c1-7(2)5(9)11-12-6(10)8(3)4;;;;/h1-4H3;;2*1H2;. The summed E-state index contributed by atoms with van der Waals surface area (Å²) < 4.78 is 1.67. The first kappa shape index (κ1) is 25.3. The van der Waals surface area contributed by atoms with E-state index < -0.39 is 0 Å². The van der Waals surface area contributed by atoms with Crippen molar-refractivity contribution >= 4 is 84.2 Å². The van der Waals surface area contributed by atoms with Crippen molar-refractivity contribution in [1.29, 1.82) is 0 Å². The fourth-order valence-corrected chi connectivity index (χ4v) is 2.60. The molecular weight excluding hydrogens is 283 g/mol. The van der Waals surface area contributed by atoms with E-state index in [1.165, 1.54) is 21.6 Å². The van der Waals surface area contributed by atoms with Crippen LogP contribution in [0.25, 0.3) is 0 Å². The zero-order valence-corrected chi connectivity index (χ0v) is 11.8. The molecule has 0 spiro atoms. The van der Waals surface area contributed by atoms with Crippen LogP contribution in [-0.4, -0.2) is 87.1 Å². The fourth-order valence-electron chi connectivity index (χ4n) is 0.220. The SMILES string of the molecule is CN(C)C(=S)SSC(=S)N(C)C.O.O.[NaH]. The van der Waals surface area contributed by atoms with Gasteiger partial charge in [-0.1, -0.05) is 24.4 Å². The Hall–Kier alpha value is 1.40. The van der Waals surface area contributed by atoms with E-state index in [1.54, 1.807) is 0 Å². The molecule has 0 aromatic rings. The van der Waals surface area contributed by atoms with E-state index in [1.807, 2.05) is 38.0 Å². The molecule has 0 rings (SSSR count). The molecule has 0 bridgehead atoms. The molecule has 0 aromatic heterocycles. The molecule has 0 unspecified atom stereocenters. The Bertz CT molecular complexity index is 172. The molecule has 0 radical (unpaired) electrons. The zero-order chi connectivity index (χ0) is 9.72. The molecule has 88 valence electrons. The third-order valence-corrected chi connectivity index (χ3v) is 5.07.